The summed E-state index contributed by atoms with van der Waals surface area (Å²) in [5, 5.41) is 5.29. The summed E-state index contributed by atoms with van der Waals surface area (Å²) in [5.41, 5.74) is 12.3. The minimum atomic E-state index is -0.614. The molecule has 0 unspecified atom stereocenters. The van der Waals surface area contributed by atoms with Crippen molar-refractivity contribution in [1.82, 2.24) is 0 Å². The number of primary amides is 1. The van der Waals surface area contributed by atoms with Gasteiger partial charge in [0.15, 0.2) is 0 Å². The number of rotatable bonds is 4. The molecule has 0 heterocycles. The van der Waals surface area contributed by atoms with E-state index in [2.05, 4.69) is 10.6 Å². The highest BCUT2D eigenvalue weighted by molar-refractivity contribution is 5.92. The van der Waals surface area contributed by atoms with Crippen LogP contribution in [-0.2, 0) is 4.79 Å². The van der Waals surface area contributed by atoms with Crippen LogP contribution in [0, 0.1) is 5.92 Å². The van der Waals surface area contributed by atoms with E-state index in [9.17, 15) is 9.59 Å². The van der Waals surface area contributed by atoms with E-state index in [-0.39, 0.29) is 30.3 Å². The van der Waals surface area contributed by atoms with Crippen LogP contribution in [0.4, 0.5) is 16.2 Å². The van der Waals surface area contributed by atoms with Gasteiger partial charge in [0.05, 0.1) is 0 Å². The fourth-order valence-corrected chi connectivity index (χ4v) is 2.55. The van der Waals surface area contributed by atoms with Crippen molar-refractivity contribution in [3.63, 3.8) is 0 Å². The quantitative estimate of drug-likeness (QED) is 0.683. The van der Waals surface area contributed by atoms with Crippen molar-refractivity contribution in [3.05, 3.63) is 24.3 Å². The first-order chi connectivity index (χ1) is 9.54. The third kappa shape index (κ3) is 5.24. The number of carbonyl (C=O) groups is 2. The molecule has 1 aliphatic rings. The summed E-state index contributed by atoms with van der Waals surface area (Å²) in [4.78, 5) is 22.6. The van der Waals surface area contributed by atoms with Crippen LogP contribution in [0.1, 0.15) is 25.7 Å². The maximum absolute atomic E-state index is 11.9. The van der Waals surface area contributed by atoms with Crippen molar-refractivity contribution >= 4 is 35.7 Å². The minimum Gasteiger partial charge on any atom is -0.351 e. The van der Waals surface area contributed by atoms with E-state index in [1.807, 2.05) is 0 Å². The predicted molar refractivity (Wildman–Crippen MR) is 85.5 cm³/mol. The molecule has 2 rings (SSSR count). The Morgan fingerprint density at radius 2 is 1.67 bits per heavy atom. The van der Waals surface area contributed by atoms with Crippen molar-refractivity contribution in [2.24, 2.45) is 17.4 Å². The third-order valence-electron chi connectivity index (χ3n) is 3.60. The van der Waals surface area contributed by atoms with E-state index in [1.54, 1.807) is 24.3 Å². The molecular formula is C14H21ClN4O2. The van der Waals surface area contributed by atoms with Crippen molar-refractivity contribution in [1.29, 1.82) is 0 Å². The highest BCUT2D eigenvalue weighted by atomic mass is 35.5. The molecule has 1 saturated carbocycles. The van der Waals surface area contributed by atoms with Crippen LogP contribution in [0.2, 0.25) is 0 Å². The SMILES string of the molecule is Cl.NC(=O)Nc1ccc(NC(=O)C[C@@H]2CCC[C@H]2N)cc1. The molecule has 1 aromatic carbocycles. The zero-order valence-electron chi connectivity index (χ0n) is 11.7. The van der Waals surface area contributed by atoms with Crippen molar-refractivity contribution in [2.75, 3.05) is 10.6 Å². The molecule has 7 heteroatoms. The fourth-order valence-electron chi connectivity index (χ4n) is 2.55. The first-order valence-electron chi connectivity index (χ1n) is 6.76. The van der Waals surface area contributed by atoms with Crippen LogP contribution < -0.4 is 22.1 Å². The Bertz CT molecular complexity index is 492. The van der Waals surface area contributed by atoms with E-state index in [4.69, 9.17) is 11.5 Å². The van der Waals surface area contributed by atoms with Crippen LogP contribution in [-0.4, -0.2) is 18.0 Å². The number of nitrogens with two attached hydrogens (primary N) is 2. The average molecular weight is 313 g/mol. The first kappa shape index (κ1) is 17.3. The number of halogens is 1. The Balaban J connectivity index is 0.00000220. The van der Waals surface area contributed by atoms with Gasteiger partial charge < -0.3 is 22.1 Å². The van der Waals surface area contributed by atoms with Gasteiger partial charge in [0.2, 0.25) is 5.91 Å². The molecule has 6 N–H and O–H groups in total. The van der Waals surface area contributed by atoms with Gasteiger partial charge in [-0.15, -0.1) is 12.4 Å². The molecule has 1 aliphatic carbocycles. The molecule has 0 aromatic heterocycles. The minimum absolute atomic E-state index is 0. The highest BCUT2D eigenvalue weighted by Gasteiger charge is 2.25. The van der Waals surface area contributed by atoms with Crippen LogP contribution in [0.15, 0.2) is 24.3 Å². The lowest BCUT2D eigenvalue weighted by molar-refractivity contribution is -0.117. The summed E-state index contributed by atoms with van der Waals surface area (Å²) in [7, 11) is 0. The highest BCUT2D eigenvalue weighted by Crippen LogP contribution is 2.27. The Morgan fingerprint density at radius 3 is 2.14 bits per heavy atom. The number of benzene rings is 1. The monoisotopic (exact) mass is 312 g/mol. The normalized spacial score (nSPS) is 20.4. The molecule has 1 fully saturated rings. The molecule has 0 saturated heterocycles. The van der Waals surface area contributed by atoms with E-state index >= 15 is 0 Å². The molecule has 2 atom stereocenters. The Labute approximate surface area is 130 Å². The van der Waals surface area contributed by atoms with Crippen molar-refractivity contribution in [3.8, 4) is 0 Å². The number of nitrogens with one attached hydrogen (secondary N) is 2. The number of urea groups is 1. The van der Waals surface area contributed by atoms with Gasteiger partial charge in [-0.25, -0.2) is 4.79 Å². The Hall–Kier alpha value is -1.79. The van der Waals surface area contributed by atoms with E-state index in [0.717, 1.165) is 19.3 Å². The molecule has 0 radical (unpaired) electrons. The summed E-state index contributed by atoms with van der Waals surface area (Å²) in [6.07, 6.45) is 3.59. The molecule has 0 spiro atoms. The van der Waals surface area contributed by atoms with Crippen LogP contribution in [0.25, 0.3) is 0 Å². The predicted octanol–water partition coefficient (Wildman–Crippen LogP) is 2.05. The lowest BCUT2D eigenvalue weighted by Gasteiger charge is -2.14. The zero-order valence-corrected chi connectivity index (χ0v) is 12.5. The molecule has 1 aromatic rings. The lowest BCUT2D eigenvalue weighted by Crippen LogP contribution is -2.28. The van der Waals surface area contributed by atoms with E-state index in [0.29, 0.717) is 17.8 Å². The van der Waals surface area contributed by atoms with Crippen molar-refractivity contribution < 1.29 is 9.59 Å². The zero-order chi connectivity index (χ0) is 14.5. The lowest BCUT2D eigenvalue weighted by atomic mass is 10.00. The number of anilines is 2. The Kier molecular flexibility index (Phi) is 6.45. The maximum atomic E-state index is 11.9. The summed E-state index contributed by atoms with van der Waals surface area (Å²) in [6.45, 7) is 0. The van der Waals surface area contributed by atoms with Gasteiger partial charge in [-0.05, 0) is 43.0 Å². The van der Waals surface area contributed by atoms with Crippen molar-refractivity contribution in [2.45, 2.75) is 31.7 Å². The molecule has 0 bridgehead atoms. The topological polar surface area (TPSA) is 110 Å². The van der Waals surface area contributed by atoms with Gasteiger partial charge in [0.1, 0.15) is 0 Å². The van der Waals surface area contributed by atoms with E-state index < -0.39 is 6.03 Å². The fraction of sp³-hybridized carbons (Fsp3) is 0.429. The summed E-state index contributed by atoms with van der Waals surface area (Å²) >= 11 is 0. The second-order valence-corrected chi connectivity index (χ2v) is 5.17. The van der Waals surface area contributed by atoms with Gasteiger partial charge in [-0.1, -0.05) is 6.42 Å². The third-order valence-corrected chi connectivity index (χ3v) is 3.60. The largest absolute Gasteiger partial charge is 0.351 e. The number of amides is 3. The molecule has 21 heavy (non-hydrogen) atoms. The number of carbonyl (C=O) groups excluding carboxylic acids is 2. The van der Waals surface area contributed by atoms with Gasteiger partial charge in [-0.2, -0.15) is 0 Å². The smallest absolute Gasteiger partial charge is 0.316 e. The maximum Gasteiger partial charge on any atom is 0.316 e. The van der Waals surface area contributed by atoms with Gasteiger partial charge >= 0.3 is 6.03 Å². The van der Waals surface area contributed by atoms with E-state index in [1.165, 1.54) is 0 Å². The molecule has 116 valence electrons. The molecule has 3 amide bonds. The molecular weight excluding hydrogens is 292 g/mol. The number of hydrogen-bond donors (Lipinski definition) is 4. The van der Waals surface area contributed by atoms with Crippen LogP contribution in [0.5, 0.6) is 0 Å². The van der Waals surface area contributed by atoms with Crippen LogP contribution >= 0.6 is 12.4 Å². The second kappa shape index (κ2) is 7.85. The summed E-state index contributed by atoms with van der Waals surface area (Å²) in [5.74, 6) is 0.258. The summed E-state index contributed by atoms with van der Waals surface area (Å²) < 4.78 is 0. The number of hydrogen-bond acceptors (Lipinski definition) is 3. The standard InChI is InChI=1S/C14H20N4O2.ClH/c15-12-3-1-2-9(12)8-13(19)17-10-4-6-11(7-5-10)18-14(16)20;/h4-7,9,12H,1-3,8,15H2,(H,17,19)(H3,16,18,20);1H/t9-,12+;/m0./s1. The molecule has 0 aliphatic heterocycles. The van der Waals surface area contributed by atoms with Crippen LogP contribution in [0.3, 0.4) is 0 Å². The first-order valence-corrected chi connectivity index (χ1v) is 6.76. The molecule has 6 nitrogen and oxygen atoms in total. The summed E-state index contributed by atoms with van der Waals surface area (Å²) in [6, 6.07) is 6.33. The van der Waals surface area contributed by atoms with Gasteiger partial charge in [-0.3, -0.25) is 4.79 Å². The van der Waals surface area contributed by atoms with Gasteiger partial charge in [0, 0.05) is 23.8 Å². The van der Waals surface area contributed by atoms with Gasteiger partial charge in [0.25, 0.3) is 0 Å². The second-order valence-electron chi connectivity index (χ2n) is 5.17. The Morgan fingerprint density at radius 1 is 1.10 bits per heavy atom. The average Bonchev–Trinajstić information content (AvgIpc) is 2.77.